The second-order valence-electron chi connectivity index (χ2n) is 3.84. The molecule has 1 saturated heterocycles. The smallest absolute Gasteiger partial charge is 0.220 e. The van der Waals surface area contributed by atoms with Gasteiger partial charge in [0.05, 0.1) is 12.4 Å². The summed E-state index contributed by atoms with van der Waals surface area (Å²) >= 11 is 0. The molecule has 1 aliphatic heterocycles. The van der Waals surface area contributed by atoms with Crippen LogP contribution in [0.1, 0.15) is 25.7 Å². The van der Waals surface area contributed by atoms with Crippen molar-refractivity contribution in [2.24, 2.45) is 16.6 Å². The Morgan fingerprint density at radius 1 is 1.54 bits per heavy atom. The Hall–Kier alpha value is -1.06. The molecule has 1 amide bonds. The maximum Gasteiger partial charge on any atom is 0.220 e. The van der Waals surface area contributed by atoms with E-state index < -0.39 is 0 Å². The van der Waals surface area contributed by atoms with E-state index in [-0.39, 0.29) is 11.9 Å². The third-order valence-electron chi connectivity index (χ3n) is 2.57. The average Bonchev–Trinajstić information content (AvgIpc) is 2.87. The summed E-state index contributed by atoms with van der Waals surface area (Å²) in [5.74, 6) is 1.46. The third kappa shape index (κ3) is 2.20. The van der Waals surface area contributed by atoms with Gasteiger partial charge in [-0.15, -0.1) is 0 Å². The molecule has 0 aromatic carbocycles. The van der Waals surface area contributed by atoms with Crippen LogP contribution in [0.4, 0.5) is 0 Å². The number of carbonyl (C=O) groups excluding carboxylic acids is 1. The van der Waals surface area contributed by atoms with Crippen LogP contribution < -0.4 is 11.1 Å². The van der Waals surface area contributed by atoms with Crippen molar-refractivity contribution in [2.75, 3.05) is 6.54 Å². The molecular weight excluding hydrogens is 166 g/mol. The molecule has 0 bridgehead atoms. The van der Waals surface area contributed by atoms with Gasteiger partial charge in [0.15, 0.2) is 0 Å². The van der Waals surface area contributed by atoms with Gasteiger partial charge in [0.1, 0.15) is 0 Å². The molecule has 1 unspecified atom stereocenters. The molecule has 0 spiro atoms. The summed E-state index contributed by atoms with van der Waals surface area (Å²) in [5, 5.41) is 2.87. The van der Waals surface area contributed by atoms with Crippen LogP contribution in [-0.4, -0.2) is 24.3 Å². The summed E-state index contributed by atoms with van der Waals surface area (Å²) < 4.78 is 0. The highest BCUT2D eigenvalue weighted by atomic mass is 16.1. The summed E-state index contributed by atoms with van der Waals surface area (Å²) in [6.45, 7) is 0.661. The molecule has 2 rings (SSSR count). The summed E-state index contributed by atoms with van der Waals surface area (Å²) in [7, 11) is 0. The monoisotopic (exact) mass is 181 g/mol. The topological polar surface area (TPSA) is 67.5 Å². The van der Waals surface area contributed by atoms with E-state index in [0.717, 1.165) is 12.3 Å². The first-order chi connectivity index (χ1) is 6.25. The Balaban J connectivity index is 1.78. The molecule has 2 aliphatic rings. The van der Waals surface area contributed by atoms with Gasteiger partial charge in [-0.3, -0.25) is 9.79 Å². The van der Waals surface area contributed by atoms with Gasteiger partial charge >= 0.3 is 0 Å². The second-order valence-corrected chi connectivity index (χ2v) is 3.84. The SMILES string of the molecule is NC(=NCC1CCC(=O)N1)C1CC1. The van der Waals surface area contributed by atoms with Gasteiger partial charge < -0.3 is 11.1 Å². The lowest BCUT2D eigenvalue weighted by Gasteiger charge is -2.06. The van der Waals surface area contributed by atoms with Crippen LogP contribution >= 0.6 is 0 Å². The fourth-order valence-electron chi connectivity index (χ4n) is 1.54. The zero-order valence-corrected chi connectivity index (χ0v) is 7.62. The van der Waals surface area contributed by atoms with Crippen LogP contribution in [0.2, 0.25) is 0 Å². The predicted octanol–water partition coefficient (Wildman–Crippen LogP) is 0.0322. The minimum atomic E-state index is 0.144. The molecule has 0 radical (unpaired) electrons. The first-order valence-corrected chi connectivity index (χ1v) is 4.85. The number of rotatable bonds is 3. The highest BCUT2D eigenvalue weighted by molar-refractivity contribution is 5.85. The van der Waals surface area contributed by atoms with Crippen molar-refractivity contribution < 1.29 is 4.79 Å². The van der Waals surface area contributed by atoms with E-state index in [9.17, 15) is 4.79 Å². The molecule has 4 heteroatoms. The molecule has 1 atom stereocenters. The van der Waals surface area contributed by atoms with Crippen LogP contribution in [0.25, 0.3) is 0 Å². The molecule has 1 heterocycles. The molecule has 0 aromatic heterocycles. The Morgan fingerprint density at radius 2 is 2.31 bits per heavy atom. The largest absolute Gasteiger partial charge is 0.387 e. The summed E-state index contributed by atoms with van der Waals surface area (Å²) in [6, 6.07) is 0.227. The fourth-order valence-corrected chi connectivity index (χ4v) is 1.54. The number of amidine groups is 1. The number of amides is 1. The molecule has 2 fully saturated rings. The highest BCUT2D eigenvalue weighted by Gasteiger charge is 2.26. The molecule has 1 saturated carbocycles. The molecule has 4 nitrogen and oxygen atoms in total. The summed E-state index contributed by atoms with van der Waals surface area (Å²) in [6.07, 6.45) is 3.92. The van der Waals surface area contributed by atoms with E-state index in [4.69, 9.17) is 5.73 Å². The van der Waals surface area contributed by atoms with Gasteiger partial charge in [0.2, 0.25) is 5.91 Å². The number of nitrogens with one attached hydrogen (secondary N) is 1. The maximum atomic E-state index is 10.9. The second kappa shape index (κ2) is 3.36. The number of nitrogens with two attached hydrogens (primary N) is 1. The van der Waals surface area contributed by atoms with Crippen LogP contribution in [0.15, 0.2) is 4.99 Å². The number of hydrogen-bond acceptors (Lipinski definition) is 2. The van der Waals surface area contributed by atoms with E-state index in [1.165, 1.54) is 12.8 Å². The minimum Gasteiger partial charge on any atom is -0.387 e. The van der Waals surface area contributed by atoms with Crippen molar-refractivity contribution in [1.29, 1.82) is 0 Å². The van der Waals surface area contributed by atoms with Crippen molar-refractivity contribution >= 4 is 11.7 Å². The Bertz CT molecular complexity index is 245. The van der Waals surface area contributed by atoms with E-state index in [0.29, 0.717) is 18.9 Å². The van der Waals surface area contributed by atoms with E-state index in [1.54, 1.807) is 0 Å². The standard InChI is InChI=1S/C9H15N3O/c10-9(6-1-2-6)11-5-7-3-4-8(13)12-7/h6-7H,1-5H2,(H2,10,11)(H,12,13). The summed E-state index contributed by atoms with van der Waals surface area (Å²) in [4.78, 5) is 15.1. The first-order valence-electron chi connectivity index (χ1n) is 4.85. The van der Waals surface area contributed by atoms with Crippen molar-refractivity contribution in [3.63, 3.8) is 0 Å². The molecular formula is C9H15N3O. The minimum absolute atomic E-state index is 0.144. The first kappa shape index (κ1) is 8.53. The molecule has 1 aliphatic carbocycles. The predicted molar refractivity (Wildman–Crippen MR) is 50.4 cm³/mol. The average molecular weight is 181 g/mol. The fraction of sp³-hybridized carbons (Fsp3) is 0.778. The molecule has 0 aromatic rings. The van der Waals surface area contributed by atoms with Crippen molar-refractivity contribution in [3.8, 4) is 0 Å². The van der Waals surface area contributed by atoms with Crippen LogP contribution in [0.5, 0.6) is 0 Å². The maximum absolute atomic E-state index is 10.9. The van der Waals surface area contributed by atoms with Gasteiger partial charge in [0, 0.05) is 18.4 Å². The Morgan fingerprint density at radius 3 is 2.85 bits per heavy atom. The van der Waals surface area contributed by atoms with E-state index in [2.05, 4.69) is 10.3 Å². The molecule has 13 heavy (non-hydrogen) atoms. The van der Waals surface area contributed by atoms with Gasteiger partial charge in [-0.2, -0.15) is 0 Å². The lowest BCUT2D eigenvalue weighted by Crippen LogP contribution is -2.29. The van der Waals surface area contributed by atoms with Crippen molar-refractivity contribution in [1.82, 2.24) is 5.32 Å². The van der Waals surface area contributed by atoms with Crippen LogP contribution in [0.3, 0.4) is 0 Å². The Kier molecular flexibility index (Phi) is 2.20. The normalized spacial score (nSPS) is 29.1. The lowest BCUT2D eigenvalue weighted by atomic mass is 10.2. The lowest BCUT2D eigenvalue weighted by molar-refractivity contribution is -0.119. The zero-order valence-electron chi connectivity index (χ0n) is 7.62. The van der Waals surface area contributed by atoms with Gasteiger partial charge in [-0.05, 0) is 19.3 Å². The van der Waals surface area contributed by atoms with Gasteiger partial charge in [0.25, 0.3) is 0 Å². The van der Waals surface area contributed by atoms with E-state index in [1.807, 2.05) is 0 Å². The van der Waals surface area contributed by atoms with Gasteiger partial charge in [-0.1, -0.05) is 0 Å². The van der Waals surface area contributed by atoms with E-state index >= 15 is 0 Å². The number of carbonyl (C=O) groups is 1. The molecule has 72 valence electrons. The Labute approximate surface area is 77.6 Å². The molecule has 3 N–H and O–H groups in total. The highest BCUT2D eigenvalue weighted by Crippen LogP contribution is 2.28. The number of hydrogen-bond donors (Lipinski definition) is 2. The quantitative estimate of drug-likeness (QED) is 0.476. The summed E-state index contributed by atoms with van der Waals surface area (Å²) in [5.41, 5.74) is 5.73. The zero-order chi connectivity index (χ0) is 9.26. The number of nitrogens with zero attached hydrogens (tertiary/aromatic N) is 1. The van der Waals surface area contributed by atoms with Crippen LogP contribution in [0, 0.1) is 5.92 Å². The third-order valence-corrected chi connectivity index (χ3v) is 2.57. The van der Waals surface area contributed by atoms with Crippen molar-refractivity contribution in [3.05, 3.63) is 0 Å². The van der Waals surface area contributed by atoms with Crippen molar-refractivity contribution in [2.45, 2.75) is 31.7 Å². The number of aliphatic imine (C=N–C) groups is 1. The van der Waals surface area contributed by atoms with Crippen LogP contribution in [-0.2, 0) is 4.79 Å². The van der Waals surface area contributed by atoms with Gasteiger partial charge in [-0.25, -0.2) is 0 Å².